The highest BCUT2D eigenvalue weighted by atomic mass is 16.5. The number of methoxy groups -OCH3 is 1. The van der Waals surface area contributed by atoms with Crippen molar-refractivity contribution in [3.05, 3.63) is 29.3 Å². The van der Waals surface area contributed by atoms with E-state index in [0.29, 0.717) is 5.76 Å². The molecule has 0 bridgehead atoms. The Kier molecular flexibility index (Phi) is 5.55. The molecule has 0 unspecified atom stereocenters. The first-order valence-corrected chi connectivity index (χ1v) is 3.62. The van der Waals surface area contributed by atoms with Gasteiger partial charge in [0, 0.05) is 19.1 Å². The van der Waals surface area contributed by atoms with Gasteiger partial charge in [-0.15, -0.1) is 5.92 Å². The van der Waals surface area contributed by atoms with Crippen LogP contribution in [-0.4, -0.2) is 7.11 Å². The van der Waals surface area contributed by atoms with E-state index in [2.05, 4.69) is 23.3 Å². The van der Waals surface area contributed by atoms with Crippen LogP contribution in [0.5, 0.6) is 0 Å². The minimum Gasteiger partial charge on any atom is -0.489 e. The quantitative estimate of drug-likeness (QED) is 0.279. The van der Waals surface area contributed by atoms with Crippen LogP contribution < -0.4 is 5.73 Å². The van der Waals surface area contributed by atoms with Crippen molar-refractivity contribution in [3.8, 4) is 11.8 Å². The molecule has 64 valence electrons. The minimum absolute atomic E-state index is 0.644. The third-order valence-corrected chi connectivity index (χ3v) is 1.03. The van der Waals surface area contributed by atoms with Crippen LogP contribution in [-0.2, 0) is 4.74 Å². The molecule has 0 spiro atoms. The van der Waals surface area contributed by atoms with Crippen molar-refractivity contribution in [1.29, 1.82) is 0 Å². The highest BCUT2D eigenvalue weighted by Gasteiger charge is 1.88. The van der Waals surface area contributed by atoms with Gasteiger partial charge in [-0.2, -0.15) is 0 Å². The Morgan fingerprint density at radius 3 is 2.58 bits per heavy atom. The van der Waals surface area contributed by atoms with Gasteiger partial charge < -0.3 is 10.5 Å². The van der Waals surface area contributed by atoms with Crippen LogP contribution in [0.2, 0.25) is 0 Å². The van der Waals surface area contributed by atoms with Crippen molar-refractivity contribution >= 4 is 0 Å². The second-order valence-corrected chi connectivity index (χ2v) is 2.24. The third-order valence-electron chi connectivity index (χ3n) is 1.03. The maximum Gasteiger partial charge on any atom is 0.168 e. The van der Waals surface area contributed by atoms with Gasteiger partial charge in [-0.25, -0.2) is 0 Å². The second kappa shape index (κ2) is 6.30. The van der Waals surface area contributed by atoms with E-state index in [-0.39, 0.29) is 0 Å². The fourth-order valence-corrected chi connectivity index (χ4v) is 0.563. The Morgan fingerprint density at radius 2 is 2.17 bits per heavy atom. The molecule has 2 heteroatoms. The fraction of sp³-hybridized carbons (Fsp3) is 0.300. The largest absolute Gasteiger partial charge is 0.489 e. The predicted octanol–water partition coefficient (Wildman–Crippen LogP) is 0.841. The molecule has 0 rings (SSSR count). The zero-order chi connectivity index (χ0) is 9.40. The number of allylic oxidation sites excluding steroid dienone is 2. The summed E-state index contributed by atoms with van der Waals surface area (Å²) < 4.78 is 5.00. The molecule has 12 heavy (non-hydrogen) atoms. The van der Waals surface area contributed by atoms with Crippen molar-refractivity contribution in [3.63, 3.8) is 0 Å². The van der Waals surface area contributed by atoms with Crippen LogP contribution in [0.15, 0.2) is 29.3 Å². The lowest BCUT2D eigenvalue weighted by Gasteiger charge is -1.93. The van der Waals surface area contributed by atoms with Gasteiger partial charge in [0.25, 0.3) is 0 Å². The van der Waals surface area contributed by atoms with Gasteiger partial charge in [-0.05, 0) is 6.92 Å². The Bertz CT molecular complexity index is 279. The van der Waals surface area contributed by atoms with Crippen molar-refractivity contribution in [1.82, 2.24) is 0 Å². The molecule has 0 aliphatic carbocycles. The first kappa shape index (κ1) is 10.6. The van der Waals surface area contributed by atoms with Gasteiger partial charge in [-0.3, -0.25) is 0 Å². The lowest BCUT2D eigenvalue weighted by atomic mass is 10.4. The van der Waals surface area contributed by atoms with Gasteiger partial charge in [0.1, 0.15) is 5.70 Å². The Morgan fingerprint density at radius 1 is 1.50 bits per heavy atom. The maximum atomic E-state index is 5.00. The molecule has 3 N–H and O–H groups in total. The minimum atomic E-state index is 0.644. The Hall–Kier alpha value is -1.42. The van der Waals surface area contributed by atoms with E-state index in [9.17, 15) is 0 Å². The summed E-state index contributed by atoms with van der Waals surface area (Å²) in [4.78, 5) is 0. The number of quaternary nitrogens is 1. The van der Waals surface area contributed by atoms with Crippen LogP contribution in [0.3, 0.4) is 0 Å². The summed E-state index contributed by atoms with van der Waals surface area (Å²) in [5.74, 6) is 6.12. The van der Waals surface area contributed by atoms with Gasteiger partial charge in [-0.1, -0.05) is 11.7 Å². The maximum absolute atomic E-state index is 5.00. The van der Waals surface area contributed by atoms with Crippen LogP contribution in [0.1, 0.15) is 13.8 Å². The molecule has 0 radical (unpaired) electrons. The van der Waals surface area contributed by atoms with E-state index in [1.165, 1.54) is 0 Å². The lowest BCUT2D eigenvalue weighted by Crippen LogP contribution is -2.45. The molecule has 0 amide bonds. The summed E-state index contributed by atoms with van der Waals surface area (Å²) in [6.45, 7) is 3.67. The molecule has 0 aliphatic rings. The van der Waals surface area contributed by atoms with E-state index in [1.807, 2.05) is 6.92 Å². The first-order valence-electron chi connectivity index (χ1n) is 3.62. The molecule has 0 aromatic carbocycles. The molecular formula is C10H14NO+. The number of ether oxygens (including phenoxy) is 1. The molecule has 0 aliphatic heterocycles. The predicted molar refractivity (Wildman–Crippen MR) is 48.7 cm³/mol. The average Bonchev–Trinajstić information content (AvgIpc) is 2.02. The highest BCUT2D eigenvalue weighted by molar-refractivity contribution is 5.19. The number of hydrogen-bond donors (Lipinski definition) is 1. The summed E-state index contributed by atoms with van der Waals surface area (Å²) in [6, 6.07) is 0. The van der Waals surface area contributed by atoms with Crippen LogP contribution in [0, 0.1) is 11.8 Å². The molecule has 0 aromatic heterocycles. The molecular weight excluding hydrogens is 150 g/mol. The van der Waals surface area contributed by atoms with Crippen molar-refractivity contribution < 1.29 is 10.5 Å². The standard InChI is InChI=1S/C10H13NO/c1-4-5-6-7-10(12-3)8-9(2)11/h6,8H,11H2,1-3H3/p+1. The SMILES string of the molecule is CC#CC=C=C(C=C(C)[NH3+])OC. The zero-order valence-electron chi connectivity index (χ0n) is 7.77. The summed E-state index contributed by atoms with van der Waals surface area (Å²) >= 11 is 0. The van der Waals surface area contributed by atoms with Crippen LogP contribution >= 0.6 is 0 Å². The fourth-order valence-electron chi connectivity index (χ4n) is 0.563. The summed E-state index contributed by atoms with van der Waals surface area (Å²) in [5, 5.41) is 0. The summed E-state index contributed by atoms with van der Waals surface area (Å²) in [7, 11) is 1.59. The van der Waals surface area contributed by atoms with E-state index >= 15 is 0 Å². The van der Waals surface area contributed by atoms with Crippen LogP contribution in [0.25, 0.3) is 0 Å². The van der Waals surface area contributed by atoms with Crippen molar-refractivity contribution in [2.45, 2.75) is 13.8 Å². The van der Waals surface area contributed by atoms with E-state index < -0.39 is 0 Å². The monoisotopic (exact) mass is 164 g/mol. The molecule has 0 saturated heterocycles. The summed E-state index contributed by atoms with van der Waals surface area (Å²) in [5.41, 5.74) is 7.53. The average molecular weight is 164 g/mol. The molecule has 2 nitrogen and oxygen atoms in total. The van der Waals surface area contributed by atoms with Gasteiger partial charge >= 0.3 is 0 Å². The molecule has 0 heterocycles. The zero-order valence-corrected chi connectivity index (χ0v) is 7.77. The van der Waals surface area contributed by atoms with Crippen LogP contribution in [0.4, 0.5) is 0 Å². The normalized spacial score (nSPS) is 9.17. The molecule has 0 fully saturated rings. The topological polar surface area (TPSA) is 36.9 Å². The van der Waals surface area contributed by atoms with Crippen molar-refractivity contribution in [2.75, 3.05) is 7.11 Å². The lowest BCUT2D eigenvalue weighted by molar-refractivity contribution is -0.302. The number of rotatable bonds is 2. The smallest absolute Gasteiger partial charge is 0.168 e. The van der Waals surface area contributed by atoms with E-state index in [4.69, 9.17) is 4.74 Å². The van der Waals surface area contributed by atoms with Gasteiger partial charge in [0.2, 0.25) is 0 Å². The molecule has 0 saturated carbocycles. The second-order valence-electron chi connectivity index (χ2n) is 2.24. The van der Waals surface area contributed by atoms with Crippen molar-refractivity contribution in [2.24, 2.45) is 0 Å². The van der Waals surface area contributed by atoms with E-state index in [1.54, 1.807) is 26.2 Å². The Balaban J connectivity index is 4.62. The van der Waals surface area contributed by atoms with Gasteiger partial charge in [0.15, 0.2) is 5.76 Å². The molecule has 0 atom stereocenters. The Labute approximate surface area is 73.4 Å². The highest BCUT2D eigenvalue weighted by Crippen LogP contribution is 1.95. The van der Waals surface area contributed by atoms with E-state index in [0.717, 1.165) is 5.70 Å². The van der Waals surface area contributed by atoms with Gasteiger partial charge in [0.05, 0.1) is 7.11 Å². The summed E-state index contributed by atoms with van der Waals surface area (Å²) in [6.07, 6.45) is 3.42. The number of hydrogen-bond acceptors (Lipinski definition) is 1. The molecule has 0 aromatic rings. The third kappa shape index (κ3) is 5.37. The first-order chi connectivity index (χ1) is 5.70.